The van der Waals surface area contributed by atoms with Crippen molar-refractivity contribution < 1.29 is 9.90 Å². The van der Waals surface area contributed by atoms with E-state index in [4.69, 9.17) is 5.11 Å². The summed E-state index contributed by atoms with van der Waals surface area (Å²) in [6.07, 6.45) is 2.71. The molecule has 5 nitrogen and oxygen atoms in total. The second kappa shape index (κ2) is 4.91. The Labute approximate surface area is 89.1 Å². The average molecular weight is 211 g/mol. The molecule has 0 aliphatic carbocycles. The maximum absolute atomic E-state index is 10.9. The van der Waals surface area contributed by atoms with Crippen LogP contribution in [-0.4, -0.2) is 26.1 Å². The van der Waals surface area contributed by atoms with Crippen LogP contribution in [0.25, 0.3) is 0 Å². The lowest BCUT2D eigenvalue weighted by Gasteiger charge is -2.09. The fourth-order valence-electron chi connectivity index (χ4n) is 1.47. The van der Waals surface area contributed by atoms with Crippen LogP contribution in [0, 0.1) is 0 Å². The van der Waals surface area contributed by atoms with Crippen LogP contribution in [0.2, 0.25) is 0 Å². The Kier molecular flexibility index (Phi) is 3.82. The summed E-state index contributed by atoms with van der Waals surface area (Å²) in [5.74, 6) is -0.993. The van der Waals surface area contributed by atoms with Gasteiger partial charge in [-0.3, -0.25) is 0 Å². The van der Waals surface area contributed by atoms with Crippen LogP contribution in [0.3, 0.4) is 0 Å². The Morgan fingerprint density at radius 3 is 2.67 bits per heavy atom. The summed E-state index contributed by atoms with van der Waals surface area (Å²) >= 11 is 0. The molecule has 0 bridgehead atoms. The van der Waals surface area contributed by atoms with Gasteiger partial charge >= 0.3 is 5.97 Å². The molecule has 15 heavy (non-hydrogen) atoms. The van der Waals surface area contributed by atoms with Gasteiger partial charge < -0.3 is 5.11 Å². The van der Waals surface area contributed by atoms with Gasteiger partial charge in [0.2, 0.25) is 0 Å². The summed E-state index contributed by atoms with van der Waals surface area (Å²) in [4.78, 5) is 10.9. The van der Waals surface area contributed by atoms with Gasteiger partial charge in [-0.05, 0) is 26.7 Å². The largest absolute Gasteiger partial charge is 0.476 e. The molecule has 0 aromatic carbocycles. The predicted octanol–water partition coefficient (Wildman–Crippen LogP) is 1.90. The minimum Gasteiger partial charge on any atom is -0.476 e. The van der Waals surface area contributed by atoms with Crippen molar-refractivity contribution in [1.29, 1.82) is 0 Å². The molecule has 0 radical (unpaired) electrons. The summed E-state index contributed by atoms with van der Waals surface area (Å²) in [6.45, 7) is 6.01. The number of carboxylic acid groups (broad SMARTS) is 1. The van der Waals surface area contributed by atoms with Gasteiger partial charge in [0.25, 0.3) is 0 Å². The molecule has 1 rings (SSSR count). The third-order valence-electron chi connectivity index (χ3n) is 2.25. The van der Waals surface area contributed by atoms with Gasteiger partial charge in [-0.15, -0.1) is 5.10 Å². The first-order valence-corrected chi connectivity index (χ1v) is 5.25. The summed E-state index contributed by atoms with van der Waals surface area (Å²) in [7, 11) is 0. The van der Waals surface area contributed by atoms with Gasteiger partial charge in [0.15, 0.2) is 5.69 Å². The van der Waals surface area contributed by atoms with Gasteiger partial charge in [-0.2, -0.15) is 0 Å². The van der Waals surface area contributed by atoms with Crippen molar-refractivity contribution in [3.63, 3.8) is 0 Å². The van der Waals surface area contributed by atoms with E-state index in [0.29, 0.717) is 0 Å². The highest BCUT2D eigenvalue weighted by molar-refractivity contribution is 5.86. The molecule has 1 aromatic heterocycles. The molecule has 1 N–H and O–H groups in total. The van der Waals surface area contributed by atoms with Crippen molar-refractivity contribution in [2.24, 2.45) is 0 Å². The van der Waals surface area contributed by atoms with Gasteiger partial charge in [-0.25, -0.2) is 9.48 Å². The average Bonchev–Trinajstić information content (AvgIpc) is 2.57. The van der Waals surface area contributed by atoms with E-state index in [1.54, 1.807) is 4.68 Å². The Morgan fingerprint density at radius 1 is 1.53 bits per heavy atom. The first-order valence-electron chi connectivity index (χ1n) is 5.25. The Morgan fingerprint density at radius 2 is 2.20 bits per heavy atom. The topological polar surface area (TPSA) is 68.0 Å². The van der Waals surface area contributed by atoms with Gasteiger partial charge in [0, 0.05) is 6.04 Å². The van der Waals surface area contributed by atoms with E-state index in [1.165, 1.54) is 0 Å². The van der Waals surface area contributed by atoms with Crippen LogP contribution in [0.5, 0.6) is 0 Å². The Hall–Kier alpha value is -1.39. The van der Waals surface area contributed by atoms with Gasteiger partial charge in [-0.1, -0.05) is 18.6 Å². The van der Waals surface area contributed by atoms with E-state index in [1.807, 2.05) is 13.8 Å². The second-order valence-corrected chi connectivity index (χ2v) is 3.83. The summed E-state index contributed by atoms with van der Waals surface area (Å²) < 4.78 is 1.69. The van der Waals surface area contributed by atoms with E-state index in [-0.39, 0.29) is 11.7 Å². The van der Waals surface area contributed by atoms with Crippen molar-refractivity contribution in [2.75, 3.05) is 0 Å². The third-order valence-corrected chi connectivity index (χ3v) is 2.25. The fraction of sp³-hybridized carbons (Fsp3) is 0.700. The molecule has 0 unspecified atom stereocenters. The smallest absolute Gasteiger partial charge is 0.358 e. The standard InChI is InChI=1S/C10H17N3O2/c1-4-5-6-8-9(10(14)15)11-12-13(8)7(2)3/h7H,4-6H2,1-3H3,(H,14,15). The maximum atomic E-state index is 10.9. The van der Waals surface area contributed by atoms with E-state index < -0.39 is 5.97 Å². The minimum absolute atomic E-state index is 0.0946. The highest BCUT2D eigenvalue weighted by Gasteiger charge is 2.19. The molecular formula is C10H17N3O2. The molecular weight excluding hydrogens is 194 g/mol. The number of hydrogen-bond donors (Lipinski definition) is 1. The minimum atomic E-state index is -0.993. The summed E-state index contributed by atoms with van der Waals surface area (Å²) in [5, 5.41) is 16.5. The zero-order chi connectivity index (χ0) is 11.4. The highest BCUT2D eigenvalue weighted by atomic mass is 16.4. The number of hydrogen-bond acceptors (Lipinski definition) is 3. The van der Waals surface area contributed by atoms with Crippen molar-refractivity contribution >= 4 is 5.97 Å². The molecule has 0 aliphatic heterocycles. The van der Waals surface area contributed by atoms with Gasteiger partial charge in [0.1, 0.15) is 0 Å². The first kappa shape index (κ1) is 11.7. The Balaban J connectivity index is 3.03. The molecule has 1 aromatic rings. The molecule has 0 spiro atoms. The van der Waals surface area contributed by atoms with Crippen LogP contribution in [-0.2, 0) is 6.42 Å². The molecule has 0 amide bonds. The summed E-state index contributed by atoms with van der Waals surface area (Å²) in [5.41, 5.74) is 0.830. The van der Waals surface area contributed by atoms with Crippen LogP contribution < -0.4 is 0 Å². The molecule has 0 aliphatic rings. The third kappa shape index (κ3) is 2.55. The fourth-order valence-corrected chi connectivity index (χ4v) is 1.47. The van der Waals surface area contributed by atoms with E-state index in [9.17, 15) is 4.79 Å². The molecule has 0 saturated heterocycles. The quantitative estimate of drug-likeness (QED) is 0.807. The first-order chi connectivity index (χ1) is 7.07. The normalized spacial score (nSPS) is 10.9. The van der Waals surface area contributed by atoms with Crippen LogP contribution in [0.4, 0.5) is 0 Å². The van der Waals surface area contributed by atoms with Crippen LogP contribution in [0.15, 0.2) is 0 Å². The lowest BCUT2D eigenvalue weighted by Crippen LogP contribution is -2.10. The molecule has 0 atom stereocenters. The van der Waals surface area contributed by atoms with E-state index >= 15 is 0 Å². The molecule has 84 valence electrons. The zero-order valence-corrected chi connectivity index (χ0v) is 9.40. The van der Waals surface area contributed by atoms with E-state index in [2.05, 4.69) is 17.2 Å². The number of aromatic carboxylic acids is 1. The Bertz CT molecular complexity index is 344. The summed E-state index contributed by atoms with van der Waals surface area (Å²) in [6, 6.07) is 0.150. The van der Waals surface area contributed by atoms with Gasteiger partial charge in [0.05, 0.1) is 5.69 Å². The zero-order valence-electron chi connectivity index (χ0n) is 9.40. The number of carboxylic acids is 1. The second-order valence-electron chi connectivity index (χ2n) is 3.83. The monoisotopic (exact) mass is 211 g/mol. The SMILES string of the molecule is CCCCc1c(C(=O)O)nnn1C(C)C. The highest BCUT2D eigenvalue weighted by Crippen LogP contribution is 2.14. The number of carbonyl (C=O) groups is 1. The van der Waals surface area contributed by atoms with Crippen molar-refractivity contribution in [3.8, 4) is 0 Å². The van der Waals surface area contributed by atoms with Crippen LogP contribution in [0.1, 0.15) is 55.8 Å². The predicted molar refractivity (Wildman–Crippen MR) is 56.0 cm³/mol. The van der Waals surface area contributed by atoms with Crippen LogP contribution >= 0.6 is 0 Å². The number of aromatic nitrogens is 3. The number of nitrogens with zero attached hydrogens (tertiary/aromatic N) is 3. The molecule has 1 heterocycles. The molecule has 0 saturated carbocycles. The maximum Gasteiger partial charge on any atom is 0.358 e. The van der Waals surface area contributed by atoms with Crippen molar-refractivity contribution in [1.82, 2.24) is 15.0 Å². The number of unbranched alkanes of at least 4 members (excludes halogenated alkanes) is 1. The molecule has 5 heteroatoms. The van der Waals surface area contributed by atoms with Crippen molar-refractivity contribution in [2.45, 2.75) is 46.1 Å². The van der Waals surface area contributed by atoms with Crippen molar-refractivity contribution in [3.05, 3.63) is 11.4 Å². The lowest BCUT2D eigenvalue weighted by atomic mass is 10.1. The number of rotatable bonds is 5. The van der Waals surface area contributed by atoms with E-state index in [0.717, 1.165) is 25.0 Å². The molecule has 0 fully saturated rings. The lowest BCUT2D eigenvalue weighted by molar-refractivity contribution is 0.0689.